The zero-order valence-corrected chi connectivity index (χ0v) is 15.3. The van der Waals surface area contributed by atoms with Crippen LogP contribution < -0.4 is 5.32 Å². The summed E-state index contributed by atoms with van der Waals surface area (Å²) in [6, 6.07) is 9.29. The highest BCUT2D eigenvalue weighted by molar-refractivity contribution is 5.76. The first kappa shape index (κ1) is 17.5. The second-order valence-corrected chi connectivity index (χ2v) is 7.75. The van der Waals surface area contributed by atoms with Gasteiger partial charge >= 0.3 is 0 Å². The Balaban J connectivity index is 1.57. The van der Waals surface area contributed by atoms with Crippen molar-refractivity contribution in [2.45, 2.75) is 63.8 Å². The normalized spacial score (nSPS) is 24.9. The van der Waals surface area contributed by atoms with Crippen molar-refractivity contribution in [1.82, 2.24) is 10.2 Å². The molecular formula is C21H32N2O. The van der Waals surface area contributed by atoms with Crippen molar-refractivity contribution in [3.8, 4) is 0 Å². The molecule has 1 aromatic carbocycles. The molecule has 132 valence electrons. The summed E-state index contributed by atoms with van der Waals surface area (Å²) in [5, 5.41) is 3.40. The molecule has 2 fully saturated rings. The third kappa shape index (κ3) is 4.18. The smallest absolute Gasteiger partial charge is 0.222 e. The van der Waals surface area contributed by atoms with E-state index in [1.807, 2.05) is 7.05 Å². The second kappa shape index (κ2) is 8.15. The molecule has 1 saturated heterocycles. The van der Waals surface area contributed by atoms with Gasteiger partial charge in [-0.3, -0.25) is 4.79 Å². The molecule has 3 heteroatoms. The molecule has 0 radical (unpaired) electrons. The SMILES string of the molecule is Cc1ccc(C2CCCC2N(C)C(=O)CCC2CCNCC2)cc1. The summed E-state index contributed by atoms with van der Waals surface area (Å²) in [7, 11) is 2.03. The van der Waals surface area contributed by atoms with Gasteiger partial charge in [-0.2, -0.15) is 0 Å². The summed E-state index contributed by atoms with van der Waals surface area (Å²) in [5.41, 5.74) is 2.71. The molecule has 0 aromatic heterocycles. The molecule has 2 unspecified atom stereocenters. The molecule has 1 amide bonds. The number of benzene rings is 1. The van der Waals surface area contributed by atoms with Crippen LogP contribution in [0.2, 0.25) is 0 Å². The van der Waals surface area contributed by atoms with Gasteiger partial charge in [-0.1, -0.05) is 36.2 Å². The minimum absolute atomic E-state index is 0.345. The van der Waals surface area contributed by atoms with Gasteiger partial charge in [0.05, 0.1) is 0 Å². The summed E-state index contributed by atoms with van der Waals surface area (Å²) < 4.78 is 0. The lowest BCUT2D eigenvalue weighted by Crippen LogP contribution is -2.39. The summed E-state index contributed by atoms with van der Waals surface area (Å²) in [4.78, 5) is 14.8. The van der Waals surface area contributed by atoms with Crippen LogP contribution in [0.5, 0.6) is 0 Å². The van der Waals surface area contributed by atoms with Gasteiger partial charge in [-0.05, 0) is 63.6 Å². The predicted molar refractivity (Wildman–Crippen MR) is 99.2 cm³/mol. The Morgan fingerprint density at radius 2 is 1.83 bits per heavy atom. The highest BCUT2D eigenvalue weighted by Crippen LogP contribution is 2.37. The molecule has 1 saturated carbocycles. The molecule has 3 nitrogen and oxygen atoms in total. The van der Waals surface area contributed by atoms with E-state index in [9.17, 15) is 4.79 Å². The Morgan fingerprint density at radius 3 is 2.54 bits per heavy atom. The number of carbonyl (C=O) groups excluding carboxylic acids is 1. The summed E-state index contributed by atoms with van der Waals surface area (Å²) in [5.74, 6) is 1.59. The van der Waals surface area contributed by atoms with Crippen LogP contribution in [0.1, 0.15) is 62.0 Å². The summed E-state index contributed by atoms with van der Waals surface area (Å²) in [6.07, 6.45) is 7.83. The number of likely N-dealkylation sites (N-methyl/N-ethyl adjacent to an activating group) is 1. The third-order valence-electron chi connectivity index (χ3n) is 6.10. The first-order chi connectivity index (χ1) is 11.6. The first-order valence-corrected chi connectivity index (χ1v) is 9.68. The van der Waals surface area contributed by atoms with Crippen molar-refractivity contribution in [1.29, 1.82) is 0 Å². The molecule has 24 heavy (non-hydrogen) atoms. The van der Waals surface area contributed by atoms with E-state index in [4.69, 9.17) is 0 Å². The molecule has 0 spiro atoms. The fraction of sp³-hybridized carbons (Fsp3) is 0.667. The van der Waals surface area contributed by atoms with Crippen LogP contribution in [0, 0.1) is 12.8 Å². The van der Waals surface area contributed by atoms with E-state index < -0.39 is 0 Å². The number of aryl methyl sites for hydroxylation is 1. The number of amides is 1. The lowest BCUT2D eigenvalue weighted by atomic mass is 9.91. The van der Waals surface area contributed by atoms with Gasteiger partial charge in [0.2, 0.25) is 5.91 Å². The summed E-state index contributed by atoms with van der Waals surface area (Å²) in [6.45, 7) is 4.37. The van der Waals surface area contributed by atoms with Crippen LogP contribution in [-0.4, -0.2) is 37.0 Å². The van der Waals surface area contributed by atoms with Crippen LogP contribution in [0.3, 0.4) is 0 Å². The molecule has 1 aliphatic heterocycles. The predicted octanol–water partition coefficient (Wildman–Crippen LogP) is 3.87. The number of hydrogen-bond donors (Lipinski definition) is 1. The van der Waals surface area contributed by atoms with Crippen molar-refractivity contribution in [2.75, 3.05) is 20.1 Å². The molecule has 1 heterocycles. The van der Waals surface area contributed by atoms with Gasteiger partial charge in [-0.25, -0.2) is 0 Å². The van der Waals surface area contributed by atoms with Gasteiger partial charge < -0.3 is 10.2 Å². The van der Waals surface area contributed by atoms with Crippen molar-refractivity contribution in [3.63, 3.8) is 0 Å². The Morgan fingerprint density at radius 1 is 1.12 bits per heavy atom. The van der Waals surface area contributed by atoms with Gasteiger partial charge in [0.1, 0.15) is 0 Å². The van der Waals surface area contributed by atoms with Crippen LogP contribution in [-0.2, 0) is 4.79 Å². The number of nitrogens with zero attached hydrogens (tertiary/aromatic N) is 1. The lowest BCUT2D eigenvalue weighted by Gasteiger charge is -2.31. The van der Waals surface area contributed by atoms with E-state index in [2.05, 4.69) is 41.4 Å². The molecule has 1 aromatic rings. The van der Waals surface area contributed by atoms with Crippen LogP contribution in [0.4, 0.5) is 0 Å². The van der Waals surface area contributed by atoms with Crippen molar-refractivity contribution in [2.24, 2.45) is 5.92 Å². The van der Waals surface area contributed by atoms with Gasteiger partial charge in [0.25, 0.3) is 0 Å². The zero-order valence-electron chi connectivity index (χ0n) is 15.3. The number of nitrogens with one attached hydrogen (secondary N) is 1. The maximum Gasteiger partial charge on any atom is 0.222 e. The Labute approximate surface area is 146 Å². The van der Waals surface area contributed by atoms with E-state index in [-0.39, 0.29) is 0 Å². The van der Waals surface area contributed by atoms with Gasteiger partial charge in [-0.15, -0.1) is 0 Å². The molecule has 2 atom stereocenters. The highest BCUT2D eigenvalue weighted by atomic mass is 16.2. The maximum atomic E-state index is 12.7. The van der Waals surface area contributed by atoms with Crippen molar-refractivity contribution >= 4 is 5.91 Å². The Hall–Kier alpha value is -1.35. The Bertz CT molecular complexity index is 533. The van der Waals surface area contributed by atoms with Crippen molar-refractivity contribution in [3.05, 3.63) is 35.4 Å². The van der Waals surface area contributed by atoms with E-state index in [1.54, 1.807) is 0 Å². The van der Waals surface area contributed by atoms with Crippen LogP contribution >= 0.6 is 0 Å². The van der Waals surface area contributed by atoms with E-state index >= 15 is 0 Å². The van der Waals surface area contributed by atoms with Crippen molar-refractivity contribution < 1.29 is 4.79 Å². The average Bonchev–Trinajstić information content (AvgIpc) is 3.10. The summed E-state index contributed by atoms with van der Waals surface area (Å²) >= 11 is 0. The van der Waals surface area contributed by atoms with Crippen LogP contribution in [0.25, 0.3) is 0 Å². The first-order valence-electron chi connectivity index (χ1n) is 9.68. The molecule has 1 aliphatic carbocycles. The highest BCUT2D eigenvalue weighted by Gasteiger charge is 2.33. The molecule has 2 aliphatic rings. The minimum Gasteiger partial charge on any atom is -0.342 e. The number of hydrogen-bond acceptors (Lipinski definition) is 2. The van der Waals surface area contributed by atoms with Crippen LogP contribution in [0.15, 0.2) is 24.3 Å². The molecule has 0 bridgehead atoms. The third-order valence-corrected chi connectivity index (χ3v) is 6.10. The fourth-order valence-corrected chi connectivity index (χ4v) is 4.47. The standard InChI is InChI=1S/C21H32N2O/c1-16-6-9-18(10-7-16)19-4-3-5-20(19)23(2)21(24)11-8-17-12-14-22-15-13-17/h6-7,9-10,17,19-20,22H,3-5,8,11-15H2,1-2H3. The average molecular weight is 329 g/mol. The molecule has 3 rings (SSSR count). The second-order valence-electron chi connectivity index (χ2n) is 7.75. The number of carbonyl (C=O) groups is 1. The molecule has 1 N–H and O–H groups in total. The zero-order chi connectivity index (χ0) is 16.9. The molecular weight excluding hydrogens is 296 g/mol. The largest absolute Gasteiger partial charge is 0.342 e. The number of piperidine rings is 1. The monoisotopic (exact) mass is 328 g/mol. The fourth-order valence-electron chi connectivity index (χ4n) is 4.47. The van der Waals surface area contributed by atoms with Gasteiger partial charge in [0.15, 0.2) is 0 Å². The lowest BCUT2D eigenvalue weighted by molar-refractivity contribution is -0.132. The Kier molecular flexibility index (Phi) is 5.94. The quantitative estimate of drug-likeness (QED) is 0.890. The van der Waals surface area contributed by atoms with E-state index in [0.29, 0.717) is 17.9 Å². The van der Waals surface area contributed by atoms with E-state index in [1.165, 1.54) is 36.8 Å². The maximum absolute atomic E-state index is 12.7. The minimum atomic E-state index is 0.345. The van der Waals surface area contributed by atoms with Gasteiger partial charge in [0, 0.05) is 25.4 Å². The van der Waals surface area contributed by atoms with E-state index in [0.717, 1.165) is 38.3 Å². The topological polar surface area (TPSA) is 32.3 Å². The number of rotatable bonds is 5.